The van der Waals surface area contributed by atoms with E-state index < -0.39 is 10.0 Å². The van der Waals surface area contributed by atoms with Crippen molar-refractivity contribution in [2.75, 3.05) is 6.54 Å². The highest BCUT2D eigenvalue weighted by Crippen LogP contribution is 2.35. The number of nitrogens with zero attached hydrogens (tertiary/aromatic N) is 2. The second kappa shape index (κ2) is 5.47. The molecule has 0 amide bonds. The van der Waals surface area contributed by atoms with Gasteiger partial charge in [-0.3, -0.25) is 0 Å². The number of benzene rings is 2. The van der Waals surface area contributed by atoms with Crippen LogP contribution in [0, 0.1) is 0 Å². The number of imidazole rings is 1. The van der Waals surface area contributed by atoms with E-state index in [1.807, 2.05) is 30.3 Å². The van der Waals surface area contributed by atoms with E-state index in [2.05, 4.69) is 9.97 Å². The van der Waals surface area contributed by atoms with E-state index >= 15 is 0 Å². The summed E-state index contributed by atoms with van der Waals surface area (Å²) in [5, 5.41) is 0. The van der Waals surface area contributed by atoms with E-state index in [1.54, 1.807) is 28.6 Å². The highest BCUT2D eigenvalue weighted by Gasteiger charge is 2.37. The van der Waals surface area contributed by atoms with Gasteiger partial charge in [0.25, 0.3) is 0 Å². The van der Waals surface area contributed by atoms with E-state index in [0.717, 1.165) is 29.7 Å². The summed E-state index contributed by atoms with van der Waals surface area (Å²) < 4.78 is 27.4. The fourth-order valence-electron chi connectivity index (χ4n) is 3.16. The van der Waals surface area contributed by atoms with Crippen LogP contribution in [0.25, 0.3) is 11.0 Å². The summed E-state index contributed by atoms with van der Waals surface area (Å²) in [6.07, 6.45) is 1.62. The summed E-state index contributed by atoms with van der Waals surface area (Å²) >= 11 is 0. The molecule has 1 atom stereocenters. The van der Waals surface area contributed by atoms with Gasteiger partial charge in [-0.2, -0.15) is 4.31 Å². The van der Waals surface area contributed by atoms with E-state index in [1.165, 1.54) is 0 Å². The zero-order valence-electron chi connectivity index (χ0n) is 12.5. The molecule has 1 fully saturated rings. The second-order valence-electron chi connectivity index (χ2n) is 5.73. The van der Waals surface area contributed by atoms with Crippen LogP contribution in [0.15, 0.2) is 59.5 Å². The van der Waals surface area contributed by atoms with Gasteiger partial charge in [-0.25, -0.2) is 13.4 Å². The lowest BCUT2D eigenvalue weighted by molar-refractivity contribution is 0.385. The number of H-pyrrole nitrogens is 1. The molecule has 1 aliphatic rings. The summed E-state index contributed by atoms with van der Waals surface area (Å²) in [5.41, 5.74) is 1.80. The van der Waals surface area contributed by atoms with Crippen LogP contribution in [0.1, 0.15) is 24.7 Å². The number of fused-ring (bicyclic) bond motifs is 1. The fraction of sp³-hybridized carbons (Fsp3) is 0.235. The predicted octanol–water partition coefficient (Wildman–Crippen LogP) is 3.09. The van der Waals surface area contributed by atoms with Gasteiger partial charge in [0.15, 0.2) is 0 Å². The third kappa shape index (κ3) is 2.44. The molecule has 2 aromatic carbocycles. The summed E-state index contributed by atoms with van der Waals surface area (Å²) in [4.78, 5) is 8.20. The minimum absolute atomic E-state index is 0.229. The van der Waals surface area contributed by atoms with Gasteiger partial charge in [-0.1, -0.05) is 30.3 Å². The Labute approximate surface area is 135 Å². The van der Waals surface area contributed by atoms with E-state index in [0.29, 0.717) is 11.4 Å². The van der Waals surface area contributed by atoms with Crippen molar-refractivity contribution in [3.05, 3.63) is 60.4 Å². The lowest BCUT2D eigenvalue weighted by atomic mass is 10.2. The average Bonchev–Trinajstić information content (AvgIpc) is 3.22. The molecule has 1 aliphatic heterocycles. The minimum Gasteiger partial charge on any atom is -0.341 e. The van der Waals surface area contributed by atoms with Gasteiger partial charge in [0.2, 0.25) is 10.0 Å². The second-order valence-corrected chi connectivity index (χ2v) is 7.62. The topological polar surface area (TPSA) is 66.1 Å². The molecule has 3 aromatic rings. The Balaban J connectivity index is 1.74. The summed E-state index contributed by atoms with van der Waals surface area (Å²) in [6, 6.07) is 16.1. The largest absolute Gasteiger partial charge is 0.341 e. The molecule has 0 saturated carbocycles. The lowest BCUT2D eigenvalue weighted by Crippen LogP contribution is -2.31. The number of aromatic nitrogens is 2. The highest BCUT2D eigenvalue weighted by molar-refractivity contribution is 7.89. The van der Waals surface area contributed by atoms with Gasteiger partial charge in [0, 0.05) is 6.54 Å². The Kier molecular flexibility index (Phi) is 3.43. The number of rotatable bonds is 3. The maximum Gasteiger partial charge on any atom is 0.243 e. The smallest absolute Gasteiger partial charge is 0.243 e. The van der Waals surface area contributed by atoms with Crippen LogP contribution >= 0.6 is 0 Å². The fourth-order valence-corrected chi connectivity index (χ4v) is 4.84. The van der Waals surface area contributed by atoms with Crippen molar-refractivity contribution >= 4 is 21.1 Å². The van der Waals surface area contributed by atoms with E-state index in [4.69, 9.17) is 0 Å². The van der Waals surface area contributed by atoms with Crippen LogP contribution in [0.2, 0.25) is 0 Å². The first-order valence-electron chi connectivity index (χ1n) is 7.68. The van der Waals surface area contributed by atoms with Crippen LogP contribution in [0.5, 0.6) is 0 Å². The van der Waals surface area contributed by atoms with Crippen molar-refractivity contribution in [1.29, 1.82) is 0 Å². The van der Waals surface area contributed by atoms with Crippen LogP contribution in [0.4, 0.5) is 0 Å². The molecule has 23 heavy (non-hydrogen) atoms. The van der Waals surface area contributed by atoms with E-state index in [9.17, 15) is 8.42 Å². The first-order valence-corrected chi connectivity index (χ1v) is 9.12. The summed E-state index contributed by atoms with van der Waals surface area (Å²) in [5.74, 6) is 0.725. The number of para-hydroxylation sites is 2. The Morgan fingerprint density at radius 1 is 1.04 bits per heavy atom. The molecule has 0 bridgehead atoms. The predicted molar refractivity (Wildman–Crippen MR) is 88.4 cm³/mol. The van der Waals surface area contributed by atoms with Crippen molar-refractivity contribution in [3.63, 3.8) is 0 Å². The van der Waals surface area contributed by atoms with Gasteiger partial charge < -0.3 is 4.98 Å². The molecule has 1 N–H and O–H groups in total. The molecular weight excluding hydrogens is 310 g/mol. The van der Waals surface area contributed by atoms with Crippen LogP contribution < -0.4 is 0 Å². The van der Waals surface area contributed by atoms with Gasteiger partial charge in [-0.05, 0) is 37.1 Å². The number of hydrogen-bond donors (Lipinski definition) is 1. The van der Waals surface area contributed by atoms with Crippen LogP contribution in [-0.2, 0) is 10.0 Å². The Hall–Kier alpha value is -2.18. The minimum atomic E-state index is -3.50. The molecule has 0 spiro atoms. The van der Waals surface area contributed by atoms with Gasteiger partial charge >= 0.3 is 0 Å². The Morgan fingerprint density at radius 2 is 1.78 bits per heavy atom. The molecule has 118 valence electrons. The zero-order chi connectivity index (χ0) is 15.9. The quantitative estimate of drug-likeness (QED) is 0.804. The third-order valence-electron chi connectivity index (χ3n) is 4.28. The standard InChI is InChI=1S/C17H17N3O2S/c21-23(22,13-7-2-1-3-8-13)20-12-6-11-16(20)17-18-14-9-4-5-10-15(14)19-17/h1-5,7-10,16H,6,11-12H2,(H,18,19)/t16-/m0/s1. The van der Waals surface area contributed by atoms with Crippen molar-refractivity contribution < 1.29 is 8.42 Å². The lowest BCUT2D eigenvalue weighted by Gasteiger charge is -2.22. The maximum absolute atomic E-state index is 12.9. The van der Waals surface area contributed by atoms with Crippen molar-refractivity contribution in [2.24, 2.45) is 0 Å². The van der Waals surface area contributed by atoms with E-state index in [-0.39, 0.29) is 6.04 Å². The molecule has 5 nitrogen and oxygen atoms in total. The molecule has 0 unspecified atom stereocenters. The normalized spacial score (nSPS) is 19.4. The molecule has 0 radical (unpaired) electrons. The zero-order valence-corrected chi connectivity index (χ0v) is 13.3. The molecule has 1 aromatic heterocycles. The van der Waals surface area contributed by atoms with Crippen molar-refractivity contribution in [1.82, 2.24) is 14.3 Å². The van der Waals surface area contributed by atoms with Gasteiger partial charge in [-0.15, -0.1) is 0 Å². The van der Waals surface area contributed by atoms with Gasteiger partial charge in [0.05, 0.1) is 22.0 Å². The molecule has 0 aliphatic carbocycles. The highest BCUT2D eigenvalue weighted by atomic mass is 32.2. The number of sulfonamides is 1. The van der Waals surface area contributed by atoms with Crippen molar-refractivity contribution in [3.8, 4) is 0 Å². The third-order valence-corrected chi connectivity index (χ3v) is 6.20. The number of nitrogens with one attached hydrogen (secondary N) is 1. The van der Waals surface area contributed by atoms with Gasteiger partial charge in [0.1, 0.15) is 5.82 Å². The number of hydrogen-bond acceptors (Lipinski definition) is 3. The molecular formula is C17H17N3O2S. The average molecular weight is 327 g/mol. The number of aromatic amines is 1. The SMILES string of the molecule is O=S(=O)(c1ccccc1)N1CCC[C@H]1c1nc2ccccc2[nH]1. The van der Waals surface area contributed by atoms with Crippen LogP contribution in [0.3, 0.4) is 0 Å². The molecule has 6 heteroatoms. The molecule has 2 heterocycles. The Morgan fingerprint density at radius 3 is 2.57 bits per heavy atom. The summed E-state index contributed by atoms with van der Waals surface area (Å²) in [6.45, 7) is 0.527. The molecule has 4 rings (SSSR count). The first-order chi connectivity index (χ1) is 11.2. The maximum atomic E-state index is 12.9. The first kappa shape index (κ1) is 14.4. The molecule has 1 saturated heterocycles. The Bertz CT molecular complexity index is 902. The van der Waals surface area contributed by atoms with Crippen molar-refractivity contribution in [2.45, 2.75) is 23.8 Å². The summed E-state index contributed by atoms with van der Waals surface area (Å²) in [7, 11) is -3.50. The van der Waals surface area contributed by atoms with Crippen LogP contribution in [-0.4, -0.2) is 29.2 Å². The monoisotopic (exact) mass is 327 g/mol.